The number of aromatic nitrogens is 2. The van der Waals surface area contributed by atoms with Gasteiger partial charge in [-0.15, -0.1) is 0 Å². The van der Waals surface area contributed by atoms with Crippen LogP contribution >= 0.6 is 26.0 Å². The van der Waals surface area contributed by atoms with Gasteiger partial charge in [-0.3, -0.25) is 4.79 Å². The predicted octanol–water partition coefficient (Wildman–Crippen LogP) is 3.29. The van der Waals surface area contributed by atoms with Crippen LogP contribution in [0, 0.1) is 5.82 Å². The number of hydrogen-bond acceptors (Lipinski definition) is 4. The van der Waals surface area contributed by atoms with Crippen molar-refractivity contribution in [1.29, 1.82) is 0 Å². The first kappa shape index (κ1) is 23.1. The third-order valence-corrected chi connectivity index (χ3v) is 6.14. The highest BCUT2D eigenvalue weighted by molar-refractivity contribution is 9.10. The van der Waals surface area contributed by atoms with Gasteiger partial charge in [0.05, 0.1) is 11.1 Å². The second-order valence-corrected chi connectivity index (χ2v) is 13.3. The Morgan fingerprint density at radius 1 is 1.36 bits per heavy atom. The van der Waals surface area contributed by atoms with Gasteiger partial charge in [-0.05, 0) is 73.9 Å². The molecule has 0 atom stereocenters. The maximum atomic E-state index is 14.7. The number of carbonyl (C=O) groups is 1. The minimum atomic E-state index is -0.667. The lowest BCUT2D eigenvalue weighted by Crippen LogP contribution is -2.27. The van der Waals surface area contributed by atoms with E-state index < -0.39 is 15.8 Å². The molecule has 0 spiro atoms. The van der Waals surface area contributed by atoms with Crippen LogP contribution in [0.2, 0.25) is 0 Å². The summed E-state index contributed by atoms with van der Waals surface area (Å²) < 4.78 is 22.2. The molecule has 2 rings (SSSR count). The molecular formula is C19H30BrFN4O2S. The van der Waals surface area contributed by atoms with Gasteiger partial charge < -0.3 is 15.0 Å². The van der Waals surface area contributed by atoms with E-state index in [2.05, 4.69) is 50.0 Å². The molecule has 6 nitrogen and oxygen atoms in total. The van der Waals surface area contributed by atoms with Crippen molar-refractivity contribution in [3.05, 3.63) is 28.1 Å². The molecule has 0 aliphatic heterocycles. The van der Waals surface area contributed by atoms with Gasteiger partial charge in [0.15, 0.2) is 11.5 Å². The van der Waals surface area contributed by atoms with Crippen molar-refractivity contribution in [3.8, 4) is 0 Å². The maximum absolute atomic E-state index is 14.7. The number of halogens is 2. The number of fused-ring (bicyclic) bond motifs is 1. The standard InChI is InChI=1S/C19H30BrFN4O2S/c1-24(2)10-6-9-22-19(26)17-14-7-8-15(20)16(21)18(14)25(23-17)13-27-11-12-28(3,4)5/h7-8H,6,9-13H2,1-5H3,(H,22,26). The first-order chi connectivity index (χ1) is 13.1. The van der Waals surface area contributed by atoms with E-state index in [1.165, 1.54) is 4.68 Å². The molecule has 0 fully saturated rings. The molecule has 158 valence electrons. The SMILES string of the molecule is CN(C)CCCNC(=O)c1nn(COCCS(C)(C)C)c2c(F)c(Br)ccc12. The lowest BCUT2D eigenvalue weighted by Gasteiger charge is -2.24. The van der Waals surface area contributed by atoms with Crippen LogP contribution in [-0.2, 0) is 11.5 Å². The van der Waals surface area contributed by atoms with Gasteiger partial charge in [-0.1, -0.05) is 0 Å². The zero-order chi connectivity index (χ0) is 20.9. The van der Waals surface area contributed by atoms with Gasteiger partial charge in [0.2, 0.25) is 0 Å². The molecule has 9 heteroatoms. The molecule has 0 radical (unpaired) electrons. The molecule has 1 aromatic carbocycles. The quantitative estimate of drug-likeness (QED) is 0.534. The summed E-state index contributed by atoms with van der Waals surface area (Å²) in [4.78, 5) is 14.7. The van der Waals surface area contributed by atoms with Crippen molar-refractivity contribution in [1.82, 2.24) is 20.0 Å². The van der Waals surface area contributed by atoms with E-state index in [-0.39, 0.29) is 23.8 Å². The Bertz CT molecular complexity index is 820. The summed E-state index contributed by atoms with van der Waals surface area (Å²) in [6, 6.07) is 3.30. The summed E-state index contributed by atoms with van der Waals surface area (Å²) in [6.45, 7) is 2.09. The molecule has 0 aliphatic rings. The molecular weight excluding hydrogens is 447 g/mol. The summed E-state index contributed by atoms with van der Waals surface area (Å²) in [5.74, 6) is 0.211. The highest BCUT2D eigenvalue weighted by atomic mass is 79.9. The van der Waals surface area contributed by atoms with Gasteiger partial charge >= 0.3 is 0 Å². The Labute approximate surface area is 176 Å². The Balaban J connectivity index is 2.17. The zero-order valence-electron chi connectivity index (χ0n) is 17.2. The van der Waals surface area contributed by atoms with Crippen molar-refractivity contribution in [3.63, 3.8) is 0 Å². The minimum Gasteiger partial charge on any atom is -0.358 e. The summed E-state index contributed by atoms with van der Waals surface area (Å²) in [5, 5.41) is 7.70. The highest BCUT2D eigenvalue weighted by Gasteiger charge is 2.21. The number of amides is 1. The second kappa shape index (κ2) is 10.0. The second-order valence-electron chi connectivity index (χ2n) is 7.85. The van der Waals surface area contributed by atoms with Gasteiger partial charge in [-0.25, -0.2) is 19.1 Å². The molecule has 1 amide bonds. The number of carbonyl (C=O) groups excluding carboxylic acids is 1. The predicted molar refractivity (Wildman–Crippen MR) is 119 cm³/mol. The van der Waals surface area contributed by atoms with E-state index in [0.29, 0.717) is 23.0 Å². The van der Waals surface area contributed by atoms with Crippen LogP contribution in [0.4, 0.5) is 4.39 Å². The molecule has 0 bridgehead atoms. The normalized spacial score (nSPS) is 12.7. The number of ether oxygens (including phenoxy) is 1. The van der Waals surface area contributed by atoms with Crippen molar-refractivity contribution in [2.24, 2.45) is 0 Å². The van der Waals surface area contributed by atoms with E-state index in [1.54, 1.807) is 12.1 Å². The molecule has 28 heavy (non-hydrogen) atoms. The largest absolute Gasteiger partial charge is 0.358 e. The van der Waals surface area contributed by atoms with E-state index in [4.69, 9.17) is 4.74 Å². The number of nitrogens with one attached hydrogen (secondary N) is 1. The summed E-state index contributed by atoms with van der Waals surface area (Å²) in [5.41, 5.74) is 0.493. The monoisotopic (exact) mass is 476 g/mol. The third-order valence-electron chi connectivity index (χ3n) is 4.14. The lowest BCUT2D eigenvalue weighted by atomic mass is 10.2. The van der Waals surface area contributed by atoms with Crippen LogP contribution in [0.15, 0.2) is 16.6 Å². The first-order valence-corrected chi connectivity index (χ1v) is 12.9. The Hall–Kier alpha value is -1.16. The molecule has 1 N–H and O–H groups in total. The van der Waals surface area contributed by atoms with Crippen LogP contribution in [0.3, 0.4) is 0 Å². The van der Waals surface area contributed by atoms with Crippen LogP contribution in [0.1, 0.15) is 16.9 Å². The Morgan fingerprint density at radius 3 is 2.71 bits per heavy atom. The molecule has 2 aromatic rings. The molecule has 1 aromatic heterocycles. The number of benzene rings is 1. The van der Waals surface area contributed by atoms with Crippen LogP contribution in [0.25, 0.3) is 10.9 Å². The molecule has 1 heterocycles. The topological polar surface area (TPSA) is 59.4 Å². The molecule has 0 aliphatic carbocycles. The number of nitrogens with zero attached hydrogens (tertiary/aromatic N) is 3. The molecule has 0 saturated carbocycles. The molecule has 0 unspecified atom stereocenters. The number of rotatable bonds is 10. The Morgan fingerprint density at radius 2 is 2.07 bits per heavy atom. The fourth-order valence-corrected chi connectivity index (χ4v) is 3.55. The highest BCUT2D eigenvalue weighted by Crippen LogP contribution is 2.33. The van der Waals surface area contributed by atoms with E-state index in [9.17, 15) is 9.18 Å². The van der Waals surface area contributed by atoms with Gasteiger partial charge in [0.1, 0.15) is 12.2 Å². The average molecular weight is 477 g/mol. The lowest BCUT2D eigenvalue weighted by molar-refractivity contribution is 0.0822. The minimum absolute atomic E-state index is 0.104. The van der Waals surface area contributed by atoms with Gasteiger partial charge in [0.25, 0.3) is 5.91 Å². The third kappa shape index (κ3) is 6.43. The van der Waals surface area contributed by atoms with Crippen molar-refractivity contribution < 1.29 is 13.9 Å². The average Bonchev–Trinajstić information content (AvgIpc) is 2.97. The van der Waals surface area contributed by atoms with Crippen molar-refractivity contribution in [2.45, 2.75) is 13.2 Å². The zero-order valence-corrected chi connectivity index (χ0v) is 19.6. The number of hydrogen-bond donors (Lipinski definition) is 1. The van der Waals surface area contributed by atoms with Crippen LogP contribution in [0.5, 0.6) is 0 Å². The fourth-order valence-electron chi connectivity index (χ4n) is 2.61. The Kier molecular flexibility index (Phi) is 8.30. The smallest absolute Gasteiger partial charge is 0.272 e. The van der Waals surface area contributed by atoms with Gasteiger partial charge in [0, 0.05) is 17.7 Å². The van der Waals surface area contributed by atoms with Crippen LogP contribution < -0.4 is 5.32 Å². The van der Waals surface area contributed by atoms with Gasteiger partial charge in [-0.2, -0.15) is 5.10 Å². The summed E-state index contributed by atoms with van der Waals surface area (Å²) in [7, 11) is 3.30. The summed E-state index contributed by atoms with van der Waals surface area (Å²) >= 11 is 3.21. The first-order valence-electron chi connectivity index (χ1n) is 9.11. The maximum Gasteiger partial charge on any atom is 0.272 e. The van der Waals surface area contributed by atoms with E-state index in [0.717, 1.165) is 18.7 Å². The van der Waals surface area contributed by atoms with Crippen LogP contribution in [-0.4, -0.2) is 78.9 Å². The van der Waals surface area contributed by atoms with E-state index in [1.807, 2.05) is 14.1 Å². The summed E-state index contributed by atoms with van der Waals surface area (Å²) in [6.07, 6.45) is 7.48. The fraction of sp³-hybridized carbons (Fsp3) is 0.579. The molecule has 0 saturated heterocycles. The van der Waals surface area contributed by atoms with Crippen molar-refractivity contribution in [2.75, 3.05) is 58.3 Å². The van der Waals surface area contributed by atoms with Crippen molar-refractivity contribution >= 4 is 42.8 Å². The van der Waals surface area contributed by atoms with E-state index >= 15 is 0 Å².